The number of hydrogen-bond donors (Lipinski definition) is 1. The first-order chi connectivity index (χ1) is 10.2. The molecule has 0 radical (unpaired) electrons. The van der Waals surface area contributed by atoms with Crippen molar-refractivity contribution in [3.8, 4) is 0 Å². The minimum atomic E-state index is 0.103. The van der Waals surface area contributed by atoms with Gasteiger partial charge in [-0.3, -0.25) is 4.79 Å². The Bertz CT molecular complexity index is 483. The van der Waals surface area contributed by atoms with Crippen molar-refractivity contribution in [3.63, 3.8) is 0 Å². The fourth-order valence-electron chi connectivity index (χ4n) is 2.86. The molecule has 1 fully saturated rings. The SMILES string of the molecule is CCc1nnc(C)cc1C(=O)N(CC)CC1CCNCC1. The van der Waals surface area contributed by atoms with Gasteiger partial charge in [-0.2, -0.15) is 10.2 Å². The summed E-state index contributed by atoms with van der Waals surface area (Å²) in [4.78, 5) is 14.8. The van der Waals surface area contributed by atoms with Crippen LogP contribution in [0.1, 0.15) is 48.4 Å². The predicted octanol–water partition coefficient (Wildman–Crippen LogP) is 1.81. The van der Waals surface area contributed by atoms with Gasteiger partial charge in [0, 0.05) is 13.1 Å². The van der Waals surface area contributed by atoms with E-state index in [9.17, 15) is 4.79 Å². The maximum atomic E-state index is 12.8. The van der Waals surface area contributed by atoms with Crippen LogP contribution in [0.15, 0.2) is 6.07 Å². The summed E-state index contributed by atoms with van der Waals surface area (Å²) in [7, 11) is 0. The monoisotopic (exact) mass is 290 g/mol. The van der Waals surface area contributed by atoms with Gasteiger partial charge in [0.05, 0.1) is 17.0 Å². The molecule has 1 amide bonds. The molecule has 0 spiro atoms. The fraction of sp³-hybridized carbons (Fsp3) is 0.688. The number of amides is 1. The molecular formula is C16H26N4O. The summed E-state index contributed by atoms with van der Waals surface area (Å²) in [6.45, 7) is 9.66. The molecule has 1 aliphatic rings. The Balaban J connectivity index is 2.13. The molecule has 1 saturated heterocycles. The third-order valence-corrected chi connectivity index (χ3v) is 4.16. The summed E-state index contributed by atoms with van der Waals surface area (Å²) >= 11 is 0. The minimum absolute atomic E-state index is 0.103. The number of carbonyl (C=O) groups is 1. The first-order valence-corrected chi connectivity index (χ1v) is 7.98. The first-order valence-electron chi connectivity index (χ1n) is 7.98. The quantitative estimate of drug-likeness (QED) is 0.898. The van der Waals surface area contributed by atoms with Gasteiger partial charge in [-0.05, 0) is 58.2 Å². The summed E-state index contributed by atoms with van der Waals surface area (Å²) in [6.07, 6.45) is 3.04. The third kappa shape index (κ3) is 4.00. The largest absolute Gasteiger partial charge is 0.339 e. The molecule has 116 valence electrons. The van der Waals surface area contributed by atoms with E-state index in [0.717, 1.165) is 62.4 Å². The zero-order chi connectivity index (χ0) is 15.2. The molecule has 2 heterocycles. The topological polar surface area (TPSA) is 58.1 Å². The fourth-order valence-corrected chi connectivity index (χ4v) is 2.86. The maximum absolute atomic E-state index is 12.8. The average Bonchev–Trinajstić information content (AvgIpc) is 2.53. The van der Waals surface area contributed by atoms with E-state index in [4.69, 9.17) is 0 Å². The molecule has 0 saturated carbocycles. The van der Waals surface area contributed by atoms with Gasteiger partial charge in [-0.15, -0.1) is 0 Å². The molecule has 1 aromatic rings. The molecule has 2 rings (SSSR count). The lowest BCUT2D eigenvalue weighted by Gasteiger charge is -2.29. The summed E-state index contributed by atoms with van der Waals surface area (Å²) in [6, 6.07) is 1.87. The van der Waals surface area contributed by atoms with Crippen molar-refractivity contribution in [1.82, 2.24) is 20.4 Å². The second kappa shape index (κ2) is 7.50. The Labute approximate surface area is 127 Å². The molecule has 21 heavy (non-hydrogen) atoms. The predicted molar refractivity (Wildman–Crippen MR) is 83.3 cm³/mol. The second-order valence-corrected chi connectivity index (χ2v) is 5.74. The smallest absolute Gasteiger partial charge is 0.255 e. The van der Waals surface area contributed by atoms with Crippen LogP contribution in [0.3, 0.4) is 0 Å². The molecule has 0 aromatic carbocycles. The Morgan fingerprint density at radius 1 is 1.33 bits per heavy atom. The van der Waals surface area contributed by atoms with Gasteiger partial charge in [0.1, 0.15) is 0 Å². The first kappa shape index (κ1) is 15.9. The lowest BCUT2D eigenvalue weighted by Crippen LogP contribution is -2.39. The molecule has 0 aliphatic carbocycles. The molecule has 0 atom stereocenters. The van der Waals surface area contributed by atoms with E-state index in [1.807, 2.05) is 31.7 Å². The Morgan fingerprint density at radius 3 is 2.67 bits per heavy atom. The van der Waals surface area contributed by atoms with Gasteiger partial charge in [0.25, 0.3) is 5.91 Å². The van der Waals surface area contributed by atoms with E-state index >= 15 is 0 Å². The highest BCUT2D eigenvalue weighted by molar-refractivity contribution is 5.95. The van der Waals surface area contributed by atoms with Gasteiger partial charge in [0.2, 0.25) is 0 Å². The highest BCUT2D eigenvalue weighted by Gasteiger charge is 2.23. The summed E-state index contributed by atoms with van der Waals surface area (Å²) in [5.74, 6) is 0.710. The van der Waals surface area contributed by atoms with Crippen LogP contribution in [-0.4, -0.2) is 47.2 Å². The Morgan fingerprint density at radius 2 is 2.05 bits per heavy atom. The number of aryl methyl sites for hydroxylation is 2. The van der Waals surface area contributed by atoms with E-state index in [2.05, 4.69) is 15.5 Å². The second-order valence-electron chi connectivity index (χ2n) is 5.74. The Hall–Kier alpha value is -1.49. The number of nitrogens with zero attached hydrogens (tertiary/aromatic N) is 3. The molecule has 1 aliphatic heterocycles. The normalized spacial score (nSPS) is 16.0. The number of aromatic nitrogens is 2. The minimum Gasteiger partial charge on any atom is -0.339 e. The van der Waals surface area contributed by atoms with Crippen molar-refractivity contribution < 1.29 is 4.79 Å². The number of nitrogens with one attached hydrogen (secondary N) is 1. The molecule has 0 unspecified atom stereocenters. The molecule has 1 N–H and O–H groups in total. The van der Waals surface area contributed by atoms with E-state index in [1.165, 1.54) is 0 Å². The summed E-state index contributed by atoms with van der Waals surface area (Å²) < 4.78 is 0. The highest BCUT2D eigenvalue weighted by atomic mass is 16.2. The van der Waals surface area contributed by atoms with E-state index in [-0.39, 0.29) is 5.91 Å². The highest BCUT2D eigenvalue weighted by Crippen LogP contribution is 2.17. The molecular weight excluding hydrogens is 264 g/mol. The maximum Gasteiger partial charge on any atom is 0.255 e. The Kier molecular flexibility index (Phi) is 5.67. The molecule has 0 bridgehead atoms. The number of piperidine rings is 1. The van der Waals surface area contributed by atoms with Crippen molar-refractivity contribution in [2.75, 3.05) is 26.2 Å². The van der Waals surface area contributed by atoms with Gasteiger partial charge >= 0.3 is 0 Å². The molecule has 5 nitrogen and oxygen atoms in total. The van der Waals surface area contributed by atoms with Crippen LogP contribution < -0.4 is 5.32 Å². The molecule has 1 aromatic heterocycles. The van der Waals surface area contributed by atoms with Crippen LogP contribution in [-0.2, 0) is 6.42 Å². The van der Waals surface area contributed by atoms with Gasteiger partial charge in [-0.1, -0.05) is 6.92 Å². The van der Waals surface area contributed by atoms with E-state index in [0.29, 0.717) is 5.92 Å². The van der Waals surface area contributed by atoms with Crippen LogP contribution in [0.2, 0.25) is 0 Å². The number of rotatable bonds is 5. The zero-order valence-electron chi connectivity index (χ0n) is 13.4. The number of carbonyl (C=O) groups excluding carboxylic acids is 1. The van der Waals surface area contributed by atoms with Crippen molar-refractivity contribution in [2.45, 2.75) is 40.0 Å². The van der Waals surface area contributed by atoms with Crippen LogP contribution in [0.25, 0.3) is 0 Å². The summed E-state index contributed by atoms with van der Waals surface area (Å²) in [5.41, 5.74) is 2.32. The van der Waals surface area contributed by atoms with Crippen molar-refractivity contribution in [2.24, 2.45) is 5.92 Å². The number of hydrogen-bond acceptors (Lipinski definition) is 4. The van der Waals surface area contributed by atoms with Gasteiger partial charge in [0.15, 0.2) is 0 Å². The van der Waals surface area contributed by atoms with Crippen molar-refractivity contribution in [1.29, 1.82) is 0 Å². The van der Waals surface area contributed by atoms with Gasteiger partial charge in [-0.25, -0.2) is 0 Å². The summed E-state index contributed by atoms with van der Waals surface area (Å²) in [5, 5.41) is 11.6. The van der Waals surface area contributed by atoms with Crippen molar-refractivity contribution in [3.05, 3.63) is 23.0 Å². The lowest BCUT2D eigenvalue weighted by molar-refractivity contribution is 0.0724. The van der Waals surface area contributed by atoms with Crippen LogP contribution in [0, 0.1) is 12.8 Å². The molecule has 5 heteroatoms. The van der Waals surface area contributed by atoms with Gasteiger partial charge < -0.3 is 10.2 Å². The van der Waals surface area contributed by atoms with E-state index in [1.54, 1.807) is 0 Å². The average molecular weight is 290 g/mol. The van der Waals surface area contributed by atoms with Crippen LogP contribution >= 0.6 is 0 Å². The van der Waals surface area contributed by atoms with Crippen LogP contribution in [0.4, 0.5) is 0 Å². The standard InChI is InChI=1S/C16H26N4O/c1-4-15-14(10-12(3)18-19-15)16(21)20(5-2)11-13-6-8-17-9-7-13/h10,13,17H,4-9,11H2,1-3H3. The lowest BCUT2D eigenvalue weighted by atomic mass is 9.97. The van der Waals surface area contributed by atoms with Crippen LogP contribution in [0.5, 0.6) is 0 Å². The van der Waals surface area contributed by atoms with E-state index < -0.39 is 0 Å². The third-order valence-electron chi connectivity index (χ3n) is 4.16. The van der Waals surface area contributed by atoms with Crippen molar-refractivity contribution >= 4 is 5.91 Å². The zero-order valence-corrected chi connectivity index (χ0v) is 13.4.